The van der Waals surface area contributed by atoms with Gasteiger partial charge < -0.3 is 14.3 Å². The van der Waals surface area contributed by atoms with Crippen LogP contribution < -0.4 is 9.47 Å². The fraction of sp³-hybridized carbons (Fsp3) is 0.304. The van der Waals surface area contributed by atoms with Crippen LogP contribution in [0.1, 0.15) is 42.1 Å². The van der Waals surface area contributed by atoms with E-state index in [1.165, 1.54) is 19.3 Å². The number of allylic oxidation sites excluding steroid dienone is 1. The van der Waals surface area contributed by atoms with Crippen molar-refractivity contribution >= 4 is 12.1 Å². The van der Waals surface area contributed by atoms with Crippen LogP contribution in [0.3, 0.4) is 0 Å². The van der Waals surface area contributed by atoms with Gasteiger partial charge in [0.25, 0.3) is 0 Å². The number of aryl methyl sites for hydroxylation is 1. The predicted octanol–water partition coefficient (Wildman–Crippen LogP) is 5.18. The lowest BCUT2D eigenvalue weighted by molar-refractivity contribution is -0.107. The number of methoxy groups -OCH3 is 1. The fourth-order valence-corrected chi connectivity index (χ4v) is 2.96. The van der Waals surface area contributed by atoms with Crippen LogP contribution in [0.25, 0.3) is 11.1 Å². The monoisotopic (exact) mass is 384 g/mol. The van der Waals surface area contributed by atoms with E-state index in [9.17, 15) is 14.0 Å². The maximum Gasteiger partial charge on any atom is 0.185 e. The smallest absolute Gasteiger partial charge is 0.185 e. The minimum atomic E-state index is -0.507. The van der Waals surface area contributed by atoms with E-state index in [1.54, 1.807) is 12.1 Å². The molecule has 0 bridgehead atoms. The Morgan fingerprint density at radius 1 is 1.14 bits per heavy atom. The molecule has 0 aliphatic carbocycles. The van der Waals surface area contributed by atoms with Crippen LogP contribution in [-0.2, 0) is 11.2 Å². The Hall–Kier alpha value is -2.95. The molecule has 0 aliphatic rings. The summed E-state index contributed by atoms with van der Waals surface area (Å²) in [6.45, 7) is 5.83. The molecule has 0 radical (unpaired) electrons. The fourth-order valence-electron chi connectivity index (χ4n) is 2.96. The Bertz CT molecular complexity index is 858. The van der Waals surface area contributed by atoms with Gasteiger partial charge >= 0.3 is 0 Å². The quantitative estimate of drug-likeness (QED) is 0.232. The molecule has 0 heterocycles. The van der Waals surface area contributed by atoms with Crippen molar-refractivity contribution in [2.75, 3.05) is 13.7 Å². The van der Waals surface area contributed by atoms with Gasteiger partial charge in [-0.05, 0) is 48.6 Å². The van der Waals surface area contributed by atoms with Gasteiger partial charge in [-0.2, -0.15) is 0 Å². The average Bonchev–Trinajstić information content (AvgIpc) is 2.73. The van der Waals surface area contributed by atoms with E-state index in [4.69, 9.17) is 9.47 Å². The number of ether oxygens (including phenoxy) is 2. The number of carbonyl (C=O) groups excluding carboxylic acids is 2. The molecule has 148 valence electrons. The topological polar surface area (TPSA) is 52.6 Å². The van der Waals surface area contributed by atoms with E-state index in [2.05, 4.69) is 6.58 Å². The van der Waals surface area contributed by atoms with Gasteiger partial charge in [0, 0.05) is 23.6 Å². The standard InChI is InChI=1S/C23H25FO4/c1-4-16-13-17(21(26)5-2)9-10-18(16)19-14-23(20(24)15-22(19)27-3)28-12-8-6-7-11-25/h5,9-11,13-15H,2,4,6-8,12H2,1,3H3. The molecule has 4 nitrogen and oxygen atoms in total. The highest BCUT2D eigenvalue weighted by Gasteiger charge is 2.16. The van der Waals surface area contributed by atoms with Crippen LogP contribution in [0, 0.1) is 5.82 Å². The first-order chi connectivity index (χ1) is 13.5. The summed E-state index contributed by atoms with van der Waals surface area (Å²) < 4.78 is 25.3. The van der Waals surface area contributed by atoms with Gasteiger partial charge in [0.05, 0.1) is 13.7 Å². The van der Waals surface area contributed by atoms with Crippen molar-refractivity contribution in [2.45, 2.75) is 32.6 Å². The third-order valence-electron chi connectivity index (χ3n) is 4.47. The Labute approximate surface area is 165 Å². The molecule has 0 atom stereocenters. The minimum absolute atomic E-state index is 0.134. The van der Waals surface area contributed by atoms with Gasteiger partial charge in [0.15, 0.2) is 17.3 Å². The summed E-state index contributed by atoms with van der Waals surface area (Å²) >= 11 is 0. The second kappa shape index (κ2) is 10.4. The molecule has 28 heavy (non-hydrogen) atoms. The van der Waals surface area contributed by atoms with Gasteiger partial charge in [0.2, 0.25) is 0 Å². The lowest BCUT2D eigenvalue weighted by atomic mass is 9.94. The first-order valence-corrected chi connectivity index (χ1v) is 9.29. The molecule has 2 rings (SSSR count). The van der Waals surface area contributed by atoms with Crippen LogP contribution in [0.5, 0.6) is 11.5 Å². The van der Waals surface area contributed by atoms with Gasteiger partial charge in [-0.25, -0.2) is 4.39 Å². The van der Waals surface area contributed by atoms with E-state index in [0.29, 0.717) is 49.2 Å². The third-order valence-corrected chi connectivity index (χ3v) is 4.47. The molecule has 0 unspecified atom stereocenters. The predicted molar refractivity (Wildman–Crippen MR) is 108 cm³/mol. The number of benzene rings is 2. The average molecular weight is 384 g/mol. The minimum Gasteiger partial charge on any atom is -0.496 e. The molecule has 5 heteroatoms. The molecule has 0 aliphatic heterocycles. The molecule has 0 saturated carbocycles. The van der Waals surface area contributed by atoms with Crippen LogP contribution in [0.4, 0.5) is 4.39 Å². The Balaban J connectivity index is 2.40. The number of rotatable bonds is 11. The summed E-state index contributed by atoms with van der Waals surface area (Å²) in [5.41, 5.74) is 3.05. The van der Waals surface area contributed by atoms with Gasteiger partial charge in [0.1, 0.15) is 12.0 Å². The summed E-state index contributed by atoms with van der Waals surface area (Å²) in [5.74, 6) is -0.127. The highest BCUT2D eigenvalue weighted by molar-refractivity contribution is 6.04. The highest BCUT2D eigenvalue weighted by atomic mass is 19.1. The lowest BCUT2D eigenvalue weighted by Crippen LogP contribution is -2.02. The Kier molecular flexibility index (Phi) is 7.93. The number of unbranched alkanes of at least 4 members (excludes halogenated alkanes) is 2. The SMILES string of the molecule is C=CC(=O)c1ccc(-c2cc(OCCCCC=O)c(F)cc2OC)c(CC)c1. The summed E-state index contributed by atoms with van der Waals surface area (Å²) in [7, 11) is 1.49. The molecular formula is C23H25FO4. The van der Waals surface area contributed by atoms with Crippen molar-refractivity contribution in [3.05, 3.63) is 59.9 Å². The second-order valence-electron chi connectivity index (χ2n) is 6.29. The van der Waals surface area contributed by atoms with Crippen molar-refractivity contribution in [3.63, 3.8) is 0 Å². The number of hydrogen-bond acceptors (Lipinski definition) is 4. The van der Waals surface area contributed by atoms with Crippen LogP contribution in [-0.4, -0.2) is 25.8 Å². The molecule has 0 amide bonds. The summed E-state index contributed by atoms with van der Waals surface area (Å²) in [4.78, 5) is 22.3. The molecular weight excluding hydrogens is 359 g/mol. The van der Waals surface area contributed by atoms with E-state index < -0.39 is 5.82 Å². The van der Waals surface area contributed by atoms with Crippen LogP contribution in [0.2, 0.25) is 0 Å². The summed E-state index contributed by atoms with van der Waals surface area (Å²) in [6.07, 6.45) is 4.67. The Morgan fingerprint density at radius 3 is 2.57 bits per heavy atom. The van der Waals surface area contributed by atoms with Crippen molar-refractivity contribution < 1.29 is 23.5 Å². The number of ketones is 1. The van der Waals surface area contributed by atoms with E-state index in [0.717, 1.165) is 17.4 Å². The number of halogens is 1. The Morgan fingerprint density at radius 2 is 1.93 bits per heavy atom. The highest BCUT2D eigenvalue weighted by Crippen LogP contribution is 2.38. The largest absolute Gasteiger partial charge is 0.496 e. The van der Waals surface area contributed by atoms with Crippen molar-refractivity contribution in [1.82, 2.24) is 0 Å². The molecule has 2 aromatic carbocycles. The zero-order valence-corrected chi connectivity index (χ0v) is 16.3. The number of hydrogen-bond donors (Lipinski definition) is 0. The van der Waals surface area contributed by atoms with E-state index in [1.807, 2.05) is 19.1 Å². The molecule has 0 N–H and O–H groups in total. The van der Waals surface area contributed by atoms with E-state index in [-0.39, 0.29) is 11.5 Å². The zero-order chi connectivity index (χ0) is 20.5. The molecule has 0 saturated heterocycles. The zero-order valence-electron chi connectivity index (χ0n) is 16.3. The normalized spacial score (nSPS) is 10.4. The molecule has 0 spiro atoms. The number of aldehydes is 1. The van der Waals surface area contributed by atoms with E-state index >= 15 is 0 Å². The maximum absolute atomic E-state index is 14.4. The van der Waals surface area contributed by atoms with Crippen molar-refractivity contribution in [1.29, 1.82) is 0 Å². The van der Waals surface area contributed by atoms with Crippen LogP contribution >= 0.6 is 0 Å². The molecule has 2 aromatic rings. The van der Waals surface area contributed by atoms with Gasteiger partial charge in [-0.1, -0.05) is 25.6 Å². The maximum atomic E-state index is 14.4. The number of carbonyl (C=O) groups is 2. The third kappa shape index (κ3) is 5.06. The molecule has 0 fully saturated rings. The first kappa shape index (κ1) is 21.4. The molecule has 0 aromatic heterocycles. The first-order valence-electron chi connectivity index (χ1n) is 9.29. The lowest BCUT2D eigenvalue weighted by Gasteiger charge is -2.16. The summed E-state index contributed by atoms with van der Waals surface area (Å²) in [5, 5.41) is 0. The van der Waals surface area contributed by atoms with Crippen molar-refractivity contribution in [3.8, 4) is 22.6 Å². The van der Waals surface area contributed by atoms with Crippen LogP contribution in [0.15, 0.2) is 43.0 Å². The second-order valence-corrected chi connectivity index (χ2v) is 6.29. The van der Waals surface area contributed by atoms with Gasteiger partial charge in [-0.15, -0.1) is 0 Å². The van der Waals surface area contributed by atoms with Gasteiger partial charge in [-0.3, -0.25) is 4.79 Å². The summed E-state index contributed by atoms with van der Waals surface area (Å²) in [6, 6.07) is 8.30. The van der Waals surface area contributed by atoms with Crippen molar-refractivity contribution in [2.24, 2.45) is 0 Å².